The molecule has 0 aromatic heterocycles. The van der Waals surface area contributed by atoms with E-state index in [2.05, 4.69) is 217 Å². The molecule has 0 unspecified atom stereocenters. The minimum absolute atomic E-state index is 0.00500. The number of aryl methyl sites for hydroxylation is 4. The van der Waals surface area contributed by atoms with Gasteiger partial charge in [-0.25, -0.2) is 0 Å². The Morgan fingerprint density at radius 2 is 0.740 bits per heavy atom. The third-order valence-electron chi connectivity index (χ3n) is 18.3. The van der Waals surface area contributed by atoms with Crippen LogP contribution in [-0.2, 0) is 76.1 Å². The second-order valence-electron chi connectivity index (χ2n) is 30.9. The number of likely N-dealkylation sites (N-methyl/N-ethyl adjacent to an activating group) is 2. The Labute approximate surface area is 614 Å². The van der Waals surface area contributed by atoms with E-state index in [-0.39, 0.29) is 70.3 Å². The van der Waals surface area contributed by atoms with Crippen LogP contribution >= 0.6 is 0 Å². The molecule has 4 aliphatic rings. The van der Waals surface area contributed by atoms with Crippen molar-refractivity contribution < 1.29 is 47.7 Å². The molecule has 0 aliphatic carbocycles. The molecule has 548 valence electrons. The van der Waals surface area contributed by atoms with Crippen molar-refractivity contribution in [1.29, 1.82) is 0 Å². The lowest BCUT2D eigenvalue weighted by Crippen LogP contribution is -2.35. The fraction of sp³-hybridized carbons (Fsp3) is 0.372. The molecule has 18 heteroatoms. The van der Waals surface area contributed by atoms with Crippen molar-refractivity contribution in [3.63, 3.8) is 0 Å². The number of rotatable bonds is 16. The molecule has 6 amide bonds. The number of hydrogen-bond donors (Lipinski definition) is 6. The number of hydrogen-bond acceptors (Lipinski definition) is 12. The van der Waals surface area contributed by atoms with Crippen molar-refractivity contribution in [2.75, 3.05) is 95.3 Å². The first-order valence-corrected chi connectivity index (χ1v) is 36.0. The molecule has 8 aromatic rings. The highest BCUT2D eigenvalue weighted by Crippen LogP contribution is 2.37. The van der Waals surface area contributed by atoms with Crippen LogP contribution in [0, 0.1) is 0 Å². The average molecular weight is 1410 g/mol. The zero-order valence-electron chi connectivity index (χ0n) is 63.0. The van der Waals surface area contributed by atoms with Crippen LogP contribution < -0.4 is 60.6 Å². The standard InChI is InChI=1S/C22H26N2O3.C22H28N2O2.C21H24N2O3.C21H26N2O2/c1-22(2,3)16-8-5-15(6-9-16)7-12-20(25)23-17-10-11-18-19(13-17)27-14-21(26)24(18)4;1-22(2,3)17-8-5-16(6-9-17)7-12-21(25)23-18-10-11-20-19(15-18)24(4)13-14-26-20;1-21(2,3)15-7-4-14(5-8-15)6-11-19(24)22-16-9-10-17-18(12-16)26-13-20(25)23-17;1-21(2,3)16-7-4-15(5-8-16)6-11-20(24)23-17-9-10-18-19(14-17)25-13-12-22-18/h5-6,8-11,13H,7,12,14H2,1-4H3,(H,23,25);5-6,8-11,15H,7,12-14H2,1-4H3,(H,23,25);4-5,7-10,12H,6,11,13H2,1-3H3,(H,22,24)(H,23,25);4-5,7-10,14,22H,6,11-13H2,1-3H3,(H,23,24). The SMILES string of the molecule is CC(C)(C)c1ccc(CCC(=O)Nc2ccc3c(c2)OCC(=O)N3)cc1.CC(C)(C)c1ccc(CCC(=O)Nc2ccc3c(c2)OCCN3)cc1.CN1C(=O)COc2cc(NC(=O)CCc3ccc(C(C)(C)C)cc3)ccc21.CN1CCOc2ccc(NC(=O)CCc3ccc(C(C)(C)C)cc3)cc21. The fourth-order valence-electron chi connectivity index (χ4n) is 11.8. The fourth-order valence-corrected chi connectivity index (χ4v) is 11.8. The topological polar surface area (TPSA) is 218 Å². The number of carbonyl (C=O) groups is 6. The molecule has 18 nitrogen and oxygen atoms in total. The van der Waals surface area contributed by atoms with Crippen molar-refractivity contribution in [2.24, 2.45) is 0 Å². The van der Waals surface area contributed by atoms with Gasteiger partial charge in [0.15, 0.2) is 13.2 Å². The van der Waals surface area contributed by atoms with E-state index < -0.39 is 0 Å². The van der Waals surface area contributed by atoms with Gasteiger partial charge in [-0.15, -0.1) is 0 Å². The summed E-state index contributed by atoms with van der Waals surface area (Å²) >= 11 is 0. The molecule has 0 saturated heterocycles. The molecule has 6 N–H and O–H groups in total. The number of amides is 6. The molecule has 8 aromatic carbocycles. The molecule has 0 atom stereocenters. The second-order valence-corrected chi connectivity index (χ2v) is 30.9. The smallest absolute Gasteiger partial charge is 0.264 e. The molecule has 0 bridgehead atoms. The van der Waals surface area contributed by atoms with E-state index in [9.17, 15) is 28.8 Å². The summed E-state index contributed by atoms with van der Waals surface area (Å²) in [4.78, 5) is 75.6. The predicted octanol–water partition coefficient (Wildman–Crippen LogP) is 16.5. The number of benzene rings is 8. The minimum atomic E-state index is -0.174. The number of ether oxygens (including phenoxy) is 4. The zero-order chi connectivity index (χ0) is 74.9. The van der Waals surface area contributed by atoms with Crippen molar-refractivity contribution in [3.8, 4) is 23.0 Å². The van der Waals surface area contributed by atoms with E-state index in [0.29, 0.717) is 86.0 Å². The van der Waals surface area contributed by atoms with Crippen LogP contribution in [0.5, 0.6) is 23.0 Å². The van der Waals surface area contributed by atoms with Gasteiger partial charge in [-0.3, -0.25) is 28.8 Å². The van der Waals surface area contributed by atoms with E-state index in [0.717, 1.165) is 71.3 Å². The number of nitrogens with zero attached hydrogens (tertiary/aromatic N) is 2. The van der Waals surface area contributed by atoms with Crippen molar-refractivity contribution in [2.45, 2.75) is 156 Å². The van der Waals surface area contributed by atoms with E-state index in [1.54, 1.807) is 48.3 Å². The highest BCUT2D eigenvalue weighted by molar-refractivity contribution is 5.99. The Kier molecular flexibility index (Phi) is 25.8. The average Bonchev–Trinajstić information content (AvgIpc) is 0.810. The number of anilines is 8. The number of nitrogens with one attached hydrogen (secondary N) is 6. The maximum Gasteiger partial charge on any atom is 0.264 e. The number of fused-ring (bicyclic) bond motifs is 4. The van der Waals surface area contributed by atoms with Crippen LogP contribution in [0.2, 0.25) is 0 Å². The molecule has 12 rings (SSSR count). The van der Waals surface area contributed by atoms with E-state index in [1.807, 2.05) is 43.4 Å². The Hall–Kier alpha value is -10.6. The Bertz CT molecular complexity index is 4300. The van der Waals surface area contributed by atoms with Gasteiger partial charge in [-0.2, -0.15) is 0 Å². The van der Waals surface area contributed by atoms with Crippen LogP contribution in [-0.4, -0.2) is 89.1 Å². The molecular weight excluding hydrogens is 1300 g/mol. The molecule has 4 aliphatic heterocycles. The quantitative estimate of drug-likeness (QED) is 0.0532. The van der Waals surface area contributed by atoms with Crippen LogP contribution in [0.1, 0.15) is 153 Å². The summed E-state index contributed by atoms with van der Waals surface area (Å²) in [5.41, 5.74) is 16.7. The van der Waals surface area contributed by atoms with E-state index >= 15 is 0 Å². The molecule has 0 radical (unpaired) electrons. The Morgan fingerprint density at radius 3 is 1.16 bits per heavy atom. The lowest BCUT2D eigenvalue weighted by atomic mass is 9.86. The first-order chi connectivity index (χ1) is 49.3. The first kappa shape index (κ1) is 77.5. The first-order valence-electron chi connectivity index (χ1n) is 36.0. The maximum atomic E-state index is 12.3. The van der Waals surface area contributed by atoms with Crippen LogP contribution in [0.4, 0.5) is 45.5 Å². The normalized spacial score (nSPS) is 13.6. The van der Waals surface area contributed by atoms with Gasteiger partial charge in [-0.1, -0.05) is 180 Å². The summed E-state index contributed by atoms with van der Waals surface area (Å²) in [6.07, 6.45) is 4.60. The van der Waals surface area contributed by atoms with Crippen molar-refractivity contribution in [1.82, 2.24) is 0 Å². The third-order valence-corrected chi connectivity index (χ3v) is 18.3. The summed E-state index contributed by atoms with van der Waals surface area (Å²) in [6.45, 7) is 29.4. The molecule has 0 saturated carbocycles. The lowest BCUT2D eigenvalue weighted by molar-refractivity contribution is -0.121. The largest absolute Gasteiger partial charge is 0.490 e. The monoisotopic (exact) mass is 1410 g/mol. The summed E-state index contributed by atoms with van der Waals surface area (Å²) in [5.74, 6) is 2.53. The summed E-state index contributed by atoms with van der Waals surface area (Å²) in [6, 6.07) is 56.0. The van der Waals surface area contributed by atoms with Crippen molar-refractivity contribution in [3.05, 3.63) is 214 Å². The maximum absolute atomic E-state index is 12.3. The van der Waals surface area contributed by atoms with Gasteiger partial charge in [-0.05, 0) is 146 Å². The molecule has 104 heavy (non-hydrogen) atoms. The highest BCUT2D eigenvalue weighted by atomic mass is 16.5. The van der Waals surface area contributed by atoms with Gasteiger partial charge in [0.25, 0.3) is 11.8 Å². The molecular formula is C86H104N8O10. The molecule has 4 heterocycles. The summed E-state index contributed by atoms with van der Waals surface area (Å²) in [5, 5.41) is 17.7. The van der Waals surface area contributed by atoms with Crippen LogP contribution in [0.25, 0.3) is 0 Å². The van der Waals surface area contributed by atoms with Gasteiger partial charge < -0.3 is 60.6 Å². The number of carbonyl (C=O) groups excluding carboxylic acids is 6. The summed E-state index contributed by atoms with van der Waals surface area (Å²) < 4.78 is 22.1. The van der Waals surface area contributed by atoms with Gasteiger partial charge in [0.05, 0.1) is 29.3 Å². The lowest BCUT2D eigenvalue weighted by Gasteiger charge is -2.28. The van der Waals surface area contributed by atoms with Gasteiger partial charge in [0.2, 0.25) is 23.6 Å². The molecule has 0 spiro atoms. The Balaban J connectivity index is 0.000000161. The van der Waals surface area contributed by atoms with E-state index in [4.69, 9.17) is 18.9 Å². The molecule has 0 fully saturated rings. The predicted molar refractivity (Wildman–Crippen MR) is 420 cm³/mol. The van der Waals surface area contributed by atoms with Gasteiger partial charge in [0.1, 0.15) is 36.2 Å². The zero-order valence-corrected chi connectivity index (χ0v) is 63.0. The minimum Gasteiger partial charge on any atom is -0.490 e. The van der Waals surface area contributed by atoms with Crippen LogP contribution in [0.3, 0.4) is 0 Å². The summed E-state index contributed by atoms with van der Waals surface area (Å²) in [7, 11) is 3.75. The van der Waals surface area contributed by atoms with Crippen molar-refractivity contribution >= 4 is 80.9 Å². The van der Waals surface area contributed by atoms with Crippen LogP contribution in [0.15, 0.2) is 170 Å². The third kappa shape index (κ3) is 22.9. The highest BCUT2D eigenvalue weighted by Gasteiger charge is 2.25. The van der Waals surface area contributed by atoms with Gasteiger partial charge >= 0.3 is 0 Å². The second kappa shape index (κ2) is 34.6. The van der Waals surface area contributed by atoms with Gasteiger partial charge in [0, 0.05) is 87.3 Å². The van der Waals surface area contributed by atoms with E-state index in [1.165, 1.54) is 33.4 Å². The Morgan fingerprint density at radius 1 is 0.385 bits per heavy atom.